The number of esters is 1. The molecule has 0 unspecified atom stereocenters. The summed E-state index contributed by atoms with van der Waals surface area (Å²) in [7, 11) is 0. The molecule has 3 rings (SSSR count). The standard InChI is InChI=1S/C18H14BrN3O4/c1-10-8-11(19)6-7-14(10)20-15(23)9-26-18(25)16-12-4-2-3-5-13(12)17(24)22-21-16/h2-8H,9H2,1H3,(H,20,23)(H,22,24). The van der Waals surface area contributed by atoms with Gasteiger partial charge >= 0.3 is 5.97 Å². The Morgan fingerprint density at radius 1 is 1.19 bits per heavy atom. The highest BCUT2D eigenvalue weighted by atomic mass is 79.9. The molecule has 26 heavy (non-hydrogen) atoms. The molecule has 0 fully saturated rings. The number of carbonyl (C=O) groups is 2. The van der Waals surface area contributed by atoms with Gasteiger partial charge in [0.15, 0.2) is 12.3 Å². The van der Waals surface area contributed by atoms with Crippen molar-refractivity contribution in [2.75, 3.05) is 11.9 Å². The maximum atomic E-state index is 12.2. The van der Waals surface area contributed by atoms with Crippen LogP contribution in [0.15, 0.2) is 51.7 Å². The van der Waals surface area contributed by atoms with Crippen molar-refractivity contribution in [2.24, 2.45) is 0 Å². The quantitative estimate of drug-likeness (QED) is 0.637. The molecule has 1 aromatic heterocycles. The SMILES string of the molecule is Cc1cc(Br)ccc1NC(=O)COC(=O)c1n[nH]c(=O)c2ccccc12. The molecule has 0 aliphatic heterocycles. The Labute approximate surface area is 156 Å². The fourth-order valence-corrected chi connectivity index (χ4v) is 2.90. The largest absolute Gasteiger partial charge is 0.451 e. The molecular weight excluding hydrogens is 402 g/mol. The van der Waals surface area contributed by atoms with Crippen molar-refractivity contribution in [3.63, 3.8) is 0 Å². The number of carbonyl (C=O) groups excluding carboxylic acids is 2. The van der Waals surface area contributed by atoms with Crippen LogP contribution < -0.4 is 10.9 Å². The smallest absolute Gasteiger partial charge is 0.359 e. The van der Waals surface area contributed by atoms with E-state index in [1.807, 2.05) is 13.0 Å². The van der Waals surface area contributed by atoms with Gasteiger partial charge in [0.1, 0.15) is 0 Å². The molecule has 1 amide bonds. The third-order valence-electron chi connectivity index (χ3n) is 3.69. The molecule has 3 aromatic rings. The highest BCUT2D eigenvalue weighted by Gasteiger charge is 2.17. The summed E-state index contributed by atoms with van der Waals surface area (Å²) in [6.45, 7) is 1.38. The van der Waals surface area contributed by atoms with Gasteiger partial charge in [-0.05, 0) is 36.8 Å². The summed E-state index contributed by atoms with van der Waals surface area (Å²) in [5.74, 6) is -1.27. The number of rotatable bonds is 4. The van der Waals surface area contributed by atoms with Crippen LogP contribution in [0.1, 0.15) is 16.1 Å². The van der Waals surface area contributed by atoms with Crippen molar-refractivity contribution in [1.82, 2.24) is 10.2 Å². The van der Waals surface area contributed by atoms with Crippen molar-refractivity contribution < 1.29 is 14.3 Å². The molecule has 2 N–H and O–H groups in total. The predicted octanol–water partition coefficient (Wildman–Crippen LogP) is 2.79. The number of fused-ring (bicyclic) bond motifs is 1. The number of nitrogens with zero attached hydrogens (tertiary/aromatic N) is 1. The number of nitrogens with one attached hydrogen (secondary N) is 2. The Hall–Kier alpha value is -3.00. The number of aryl methyl sites for hydroxylation is 1. The van der Waals surface area contributed by atoms with E-state index in [4.69, 9.17) is 4.74 Å². The lowest BCUT2D eigenvalue weighted by molar-refractivity contribution is -0.119. The molecule has 132 valence electrons. The zero-order chi connectivity index (χ0) is 18.7. The summed E-state index contributed by atoms with van der Waals surface area (Å²) < 4.78 is 5.93. The maximum Gasteiger partial charge on any atom is 0.359 e. The number of ether oxygens (including phenoxy) is 1. The summed E-state index contributed by atoms with van der Waals surface area (Å²) in [6, 6.07) is 11.9. The normalized spacial score (nSPS) is 10.5. The Bertz CT molecular complexity index is 1060. The Balaban J connectivity index is 1.70. The lowest BCUT2D eigenvalue weighted by atomic mass is 10.1. The van der Waals surface area contributed by atoms with Gasteiger partial charge in [-0.1, -0.05) is 34.1 Å². The third-order valence-corrected chi connectivity index (χ3v) is 4.18. The first-order valence-electron chi connectivity index (χ1n) is 7.66. The van der Waals surface area contributed by atoms with Gasteiger partial charge < -0.3 is 10.1 Å². The second-order valence-corrected chi connectivity index (χ2v) is 6.45. The van der Waals surface area contributed by atoms with E-state index in [9.17, 15) is 14.4 Å². The van der Waals surface area contributed by atoms with Gasteiger partial charge in [0.25, 0.3) is 11.5 Å². The van der Waals surface area contributed by atoms with Crippen LogP contribution in [-0.2, 0) is 9.53 Å². The van der Waals surface area contributed by atoms with Crippen LogP contribution in [0.4, 0.5) is 5.69 Å². The highest BCUT2D eigenvalue weighted by molar-refractivity contribution is 9.10. The Morgan fingerprint density at radius 3 is 2.65 bits per heavy atom. The topological polar surface area (TPSA) is 101 Å². The van der Waals surface area contributed by atoms with Gasteiger partial charge in [-0.3, -0.25) is 9.59 Å². The van der Waals surface area contributed by atoms with E-state index in [-0.39, 0.29) is 5.69 Å². The zero-order valence-electron chi connectivity index (χ0n) is 13.7. The molecule has 0 atom stereocenters. The van der Waals surface area contributed by atoms with Gasteiger partial charge in [0.2, 0.25) is 0 Å². The molecule has 0 saturated carbocycles. The number of hydrogen-bond acceptors (Lipinski definition) is 5. The van der Waals surface area contributed by atoms with Crippen LogP contribution in [0.25, 0.3) is 10.8 Å². The number of aromatic nitrogens is 2. The lowest BCUT2D eigenvalue weighted by Crippen LogP contribution is -2.23. The zero-order valence-corrected chi connectivity index (χ0v) is 15.3. The summed E-state index contributed by atoms with van der Waals surface area (Å²) >= 11 is 3.35. The molecule has 0 radical (unpaired) electrons. The van der Waals surface area contributed by atoms with E-state index in [0.29, 0.717) is 16.5 Å². The van der Waals surface area contributed by atoms with Crippen LogP contribution in [0.5, 0.6) is 0 Å². The Morgan fingerprint density at radius 2 is 1.92 bits per heavy atom. The number of anilines is 1. The molecule has 0 spiro atoms. The second-order valence-electron chi connectivity index (χ2n) is 5.53. The third kappa shape index (κ3) is 3.80. The van der Waals surface area contributed by atoms with E-state index < -0.39 is 24.0 Å². The highest BCUT2D eigenvalue weighted by Crippen LogP contribution is 2.20. The molecule has 0 aliphatic carbocycles. The maximum absolute atomic E-state index is 12.2. The number of benzene rings is 2. The monoisotopic (exact) mass is 415 g/mol. The number of H-pyrrole nitrogens is 1. The van der Waals surface area contributed by atoms with E-state index in [1.165, 1.54) is 0 Å². The van der Waals surface area contributed by atoms with Crippen molar-refractivity contribution in [3.8, 4) is 0 Å². The second kappa shape index (κ2) is 7.49. The summed E-state index contributed by atoms with van der Waals surface area (Å²) in [4.78, 5) is 36.0. The van der Waals surface area contributed by atoms with E-state index >= 15 is 0 Å². The molecule has 8 heteroatoms. The van der Waals surface area contributed by atoms with E-state index in [2.05, 4.69) is 31.4 Å². The van der Waals surface area contributed by atoms with Crippen molar-refractivity contribution in [1.29, 1.82) is 0 Å². The van der Waals surface area contributed by atoms with Gasteiger partial charge in [-0.15, -0.1) is 0 Å². The average Bonchev–Trinajstić information content (AvgIpc) is 2.63. The molecule has 2 aromatic carbocycles. The van der Waals surface area contributed by atoms with E-state index in [1.54, 1.807) is 36.4 Å². The summed E-state index contributed by atoms with van der Waals surface area (Å²) in [5.41, 5.74) is 1.04. The van der Waals surface area contributed by atoms with Crippen molar-refractivity contribution in [2.45, 2.75) is 6.92 Å². The van der Waals surface area contributed by atoms with Crippen molar-refractivity contribution in [3.05, 3.63) is 68.5 Å². The average molecular weight is 416 g/mol. The molecule has 7 nitrogen and oxygen atoms in total. The fraction of sp³-hybridized carbons (Fsp3) is 0.111. The van der Waals surface area contributed by atoms with Gasteiger partial charge in [0, 0.05) is 15.5 Å². The van der Waals surface area contributed by atoms with Crippen LogP contribution >= 0.6 is 15.9 Å². The summed E-state index contributed by atoms with van der Waals surface area (Å²) in [5, 5.41) is 9.36. The number of hydrogen-bond donors (Lipinski definition) is 2. The van der Waals surface area contributed by atoms with Crippen molar-refractivity contribution >= 4 is 44.3 Å². The number of halogens is 1. The summed E-state index contributed by atoms with van der Waals surface area (Å²) in [6.07, 6.45) is 0. The molecule has 0 bridgehead atoms. The number of amides is 1. The first-order valence-corrected chi connectivity index (χ1v) is 8.45. The van der Waals surface area contributed by atoms with Gasteiger partial charge in [-0.2, -0.15) is 5.10 Å². The molecule has 0 aliphatic rings. The van der Waals surface area contributed by atoms with Gasteiger partial charge in [0.05, 0.1) is 5.39 Å². The van der Waals surface area contributed by atoms with Crippen LogP contribution in [0.2, 0.25) is 0 Å². The molecular formula is C18H14BrN3O4. The van der Waals surface area contributed by atoms with E-state index in [0.717, 1.165) is 10.0 Å². The fourth-order valence-electron chi connectivity index (χ4n) is 2.42. The number of aromatic amines is 1. The minimum absolute atomic E-state index is 0.0483. The Kier molecular flexibility index (Phi) is 5.13. The van der Waals surface area contributed by atoms with Crippen LogP contribution in [-0.4, -0.2) is 28.7 Å². The van der Waals surface area contributed by atoms with Crippen LogP contribution in [0.3, 0.4) is 0 Å². The lowest BCUT2D eigenvalue weighted by Gasteiger charge is -2.09. The molecule has 1 heterocycles. The molecule has 0 saturated heterocycles. The minimum Gasteiger partial charge on any atom is -0.451 e. The van der Waals surface area contributed by atoms with Gasteiger partial charge in [-0.25, -0.2) is 9.89 Å². The first-order chi connectivity index (χ1) is 12.5. The van der Waals surface area contributed by atoms with Crippen LogP contribution in [0, 0.1) is 6.92 Å². The minimum atomic E-state index is -0.792. The first kappa shape index (κ1) is 17.8. The predicted molar refractivity (Wildman–Crippen MR) is 100 cm³/mol.